The molecule has 0 amide bonds. The molecule has 142 valence electrons. The summed E-state index contributed by atoms with van der Waals surface area (Å²) in [4.78, 5) is 12.3. The van der Waals surface area contributed by atoms with Crippen LogP contribution in [0.2, 0.25) is 36.3 Å². The maximum Gasteiger partial charge on any atom is 0.339 e. The Morgan fingerprint density at radius 1 is 0.917 bits per heavy atom. The minimum absolute atomic E-state index is 0.0730. The van der Waals surface area contributed by atoms with Crippen molar-refractivity contribution >= 4 is 22.6 Å². The van der Waals surface area contributed by atoms with Gasteiger partial charge >= 0.3 is 5.97 Å². The molecule has 6 heteroatoms. The zero-order valence-corrected chi connectivity index (χ0v) is 19.6. The van der Waals surface area contributed by atoms with Gasteiger partial charge in [-0.15, -0.1) is 0 Å². The minimum Gasteiger partial charge on any atom is -0.548 e. The maximum atomic E-state index is 12.3. The van der Waals surface area contributed by atoms with Gasteiger partial charge in [0.15, 0.2) is 8.32 Å². The molecule has 0 saturated heterocycles. The monoisotopic (exact) mass is 374 g/mol. The molecule has 0 radical (unpaired) electrons. The molecule has 0 unspecified atom stereocenters. The molecule has 0 rings (SSSR count). The summed E-state index contributed by atoms with van der Waals surface area (Å²) in [7, 11) is -3.92. The van der Waals surface area contributed by atoms with Crippen LogP contribution in [0.4, 0.5) is 0 Å². The molecular weight excluding hydrogens is 336 g/mol. The third kappa shape index (κ3) is 6.72. The fourth-order valence-corrected chi connectivity index (χ4v) is 2.97. The molecule has 0 aliphatic carbocycles. The highest BCUT2D eigenvalue weighted by Crippen LogP contribution is 2.38. The molecule has 0 aliphatic heterocycles. The second-order valence-corrected chi connectivity index (χ2v) is 18.9. The average molecular weight is 375 g/mol. The Labute approximate surface area is 151 Å². The molecule has 0 heterocycles. The van der Waals surface area contributed by atoms with Gasteiger partial charge in [-0.1, -0.05) is 41.5 Å². The van der Waals surface area contributed by atoms with E-state index in [-0.39, 0.29) is 22.7 Å². The van der Waals surface area contributed by atoms with E-state index in [4.69, 9.17) is 13.6 Å². The second-order valence-electron chi connectivity index (χ2n) is 9.29. The summed E-state index contributed by atoms with van der Waals surface area (Å²) in [5.41, 5.74) is 0.464. The number of hydrogen-bond acceptors (Lipinski definition) is 4. The highest BCUT2D eigenvalue weighted by molar-refractivity contribution is 6.74. The normalized spacial score (nSPS) is 14.5. The molecule has 0 aromatic rings. The molecule has 0 saturated carbocycles. The summed E-state index contributed by atoms with van der Waals surface area (Å²) in [6.45, 7) is 24.1. The number of esters is 1. The third-order valence-electron chi connectivity index (χ3n) is 5.23. The van der Waals surface area contributed by atoms with Crippen molar-refractivity contribution in [3.05, 3.63) is 11.8 Å². The van der Waals surface area contributed by atoms with Crippen molar-refractivity contribution in [2.75, 3.05) is 13.2 Å². The molecule has 0 aromatic carbocycles. The van der Waals surface area contributed by atoms with E-state index in [1.165, 1.54) is 0 Å². The second kappa shape index (κ2) is 8.19. The van der Waals surface area contributed by atoms with Gasteiger partial charge in [-0.3, -0.25) is 0 Å². The highest BCUT2D eigenvalue weighted by Gasteiger charge is 2.39. The summed E-state index contributed by atoms with van der Waals surface area (Å²) in [6, 6.07) is 0. The third-order valence-corrected chi connectivity index (χ3v) is 14.0. The van der Waals surface area contributed by atoms with E-state index < -0.39 is 16.6 Å². The van der Waals surface area contributed by atoms with Gasteiger partial charge in [0.25, 0.3) is 0 Å². The molecule has 4 nitrogen and oxygen atoms in total. The molecule has 0 bridgehead atoms. The van der Waals surface area contributed by atoms with Crippen molar-refractivity contribution in [1.82, 2.24) is 0 Å². The van der Waals surface area contributed by atoms with Gasteiger partial charge in [0.2, 0.25) is 8.32 Å². The molecule has 0 atom stereocenters. The predicted molar refractivity (Wildman–Crippen MR) is 106 cm³/mol. The number of hydrogen-bond donors (Lipinski definition) is 0. The van der Waals surface area contributed by atoms with Gasteiger partial charge < -0.3 is 13.6 Å². The van der Waals surface area contributed by atoms with Crippen LogP contribution in [0.15, 0.2) is 11.8 Å². The lowest BCUT2D eigenvalue weighted by molar-refractivity contribution is -0.139. The maximum absolute atomic E-state index is 12.3. The van der Waals surface area contributed by atoms with Gasteiger partial charge in [-0.05, 0) is 43.2 Å². The topological polar surface area (TPSA) is 44.8 Å². The first kappa shape index (κ1) is 23.4. The van der Waals surface area contributed by atoms with E-state index in [0.29, 0.717) is 12.2 Å². The number of carbonyl (C=O) groups is 1. The first-order valence-corrected chi connectivity index (χ1v) is 14.5. The lowest BCUT2D eigenvalue weighted by Crippen LogP contribution is -2.42. The molecule has 0 spiro atoms. The zero-order chi connectivity index (χ0) is 19.4. The fourth-order valence-electron chi connectivity index (χ4n) is 1.23. The molecule has 0 aromatic heterocycles. The van der Waals surface area contributed by atoms with Gasteiger partial charge in [0, 0.05) is 0 Å². The van der Waals surface area contributed by atoms with Crippen molar-refractivity contribution in [1.29, 1.82) is 0 Å². The molecule has 24 heavy (non-hydrogen) atoms. The fraction of sp³-hybridized carbons (Fsp3) is 0.833. The Hall–Kier alpha value is -0.596. The molecule has 0 aliphatic rings. The van der Waals surface area contributed by atoms with Crippen LogP contribution in [-0.4, -0.2) is 35.8 Å². The Balaban J connectivity index is 5.28. The van der Waals surface area contributed by atoms with Gasteiger partial charge in [-0.2, -0.15) is 0 Å². The van der Waals surface area contributed by atoms with Crippen LogP contribution in [-0.2, 0) is 18.4 Å². The summed E-state index contributed by atoms with van der Waals surface area (Å²) < 4.78 is 17.4. The van der Waals surface area contributed by atoms with Crippen molar-refractivity contribution in [2.45, 2.75) is 84.7 Å². The summed E-state index contributed by atoms with van der Waals surface area (Å²) in [6.07, 6.45) is 1.59. The summed E-state index contributed by atoms with van der Waals surface area (Å²) >= 11 is 0. The van der Waals surface area contributed by atoms with E-state index in [0.717, 1.165) is 0 Å². The minimum atomic E-state index is -1.98. The summed E-state index contributed by atoms with van der Waals surface area (Å²) in [5, 5.41) is 0.163. The van der Waals surface area contributed by atoms with Crippen LogP contribution >= 0.6 is 0 Å². The van der Waals surface area contributed by atoms with E-state index in [1.54, 1.807) is 13.2 Å². The van der Waals surface area contributed by atoms with Crippen LogP contribution in [0.3, 0.4) is 0 Å². The van der Waals surface area contributed by atoms with Gasteiger partial charge in [0.1, 0.15) is 0 Å². The molecule has 0 fully saturated rings. The number of rotatable bonds is 7. The highest BCUT2D eigenvalue weighted by atomic mass is 28.4. The van der Waals surface area contributed by atoms with Gasteiger partial charge in [0.05, 0.1) is 25.0 Å². The average Bonchev–Trinajstić information content (AvgIpc) is 2.35. The lowest BCUT2D eigenvalue weighted by Gasteiger charge is -2.37. The van der Waals surface area contributed by atoms with Crippen LogP contribution < -0.4 is 0 Å². The SMILES string of the molecule is CCOC(=O)/C(=C/O[Si](C)(C)C(C)(C)C)CO[Si](C)(C)C(C)(C)C. The zero-order valence-electron chi connectivity index (χ0n) is 17.6. The quantitative estimate of drug-likeness (QED) is 0.256. The van der Waals surface area contributed by atoms with Gasteiger partial charge in [-0.25, -0.2) is 4.79 Å². The largest absolute Gasteiger partial charge is 0.548 e. The van der Waals surface area contributed by atoms with Crippen molar-refractivity contribution < 1.29 is 18.4 Å². The van der Waals surface area contributed by atoms with Crippen molar-refractivity contribution in [3.8, 4) is 0 Å². The lowest BCUT2D eigenvalue weighted by atomic mass is 10.2. The molecular formula is C18H38O4Si2. The Kier molecular flexibility index (Phi) is 7.99. The number of ether oxygens (including phenoxy) is 1. The Morgan fingerprint density at radius 3 is 1.75 bits per heavy atom. The van der Waals surface area contributed by atoms with E-state index >= 15 is 0 Å². The van der Waals surface area contributed by atoms with E-state index in [2.05, 4.69) is 67.7 Å². The Morgan fingerprint density at radius 2 is 1.38 bits per heavy atom. The Bertz CT molecular complexity index is 455. The van der Waals surface area contributed by atoms with Crippen LogP contribution in [0.5, 0.6) is 0 Å². The predicted octanol–water partition coefficient (Wildman–Crippen LogP) is 5.48. The smallest absolute Gasteiger partial charge is 0.339 e. The van der Waals surface area contributed by atoms with Crippen LogP contribution in [0.25, 0.3) is 0 Å². The first-order valence-electron chi connectivity index (χ1n) is 8.73. The first-order chi connectivity index (χ1) is 10.5. The van der Waals surface area contributed by atoms with Crippen molar-refractivity contribution in [3.63, 3.8) is 0 Å². The van der Waals surface area contributed by atoms with E-state index in [9.17, 15) is 4.79 Å². The van der Waals surface area contributed by atoms with Crippen molar-refractivity contribution in [2.24, 2.45) is 0 Å². The van der Waals surface area contributed by atoms with Crippen LogP contribution in [0, 0.1) is 0 Å². The molecule has 0 N–H and O–H groups in total. The van der Waals surface area contributed by atoms with E-state index in [1.807, 2.05) is 0 Å². The van der Waals surface area contributed by atoms with Crippen LogP contribution in [0.1, 0.15) is 48.5 Å². The standard InChI is InChI=1S/C18H38O4Si2/c1-12-20-16(19)15(13-21-23(8,9)17(2,3)4)14-22-24(10,11)18(5,6)7/h13H,12,14H2,1-11H3/b15-13+. The summed E-state index contributed by atoms with van der Waals surface area (Å²) in [5.74, 6) is -0.352. The number of carbonyl (C=O) groups excluding carboxylic acids is 1.